The van der Waals surface area contributed by atoms with Gasteiger partial charge in [0.25, 0.3) is 0 Å². The first-order valence-electron chi connectivity index (χ1n) is 12.5. The van der Waals surface area contributed by atoms with E-state index in [4.69, 9.17) is 18.6 Å². The lowest BCUT2D eigenvalue weighted by atomic mass is 9.63. The monoisotopic (exact) mass is 496 g/mol. The molecular formula is C29H36O7. The quantitative estimate of drug-likeness (QED) is 0.295. The molecule has 4 rings (SSSR count). The molecule has 1 aromatic rings. The predicted molar refractivity (Wildman–Crippen MR) is 133 cm³/mol. The minimum Gasteiger partial charge on any atom is -0.472 e. The van der Waals surface area contributed by atoms with Crippen LogP contribution in [0.3, 0.4) is 0 Å². The van der Waals surface area contributed by atoms with Gasteiger partial charge < -0.3 is 18.6 Å². The summed E-state index contributed by atoms with van der Waals surface area (Å²) in [7, 11) is 1.36. The topological polar surface area (TPSA) is 92.0 Å². The van der Waals surface area contributed by atoms with Gasteiger partial charge in [-0.15, -0.1) is 0 Å². The first kappa shape index (κ1) is 26.0. The number of carbonyl (C=O) groups excluding carboxylic acids is 3. The fraction of sp³-hybridized carbons (Fsp3) is 0.552. The van der Waals surface area contributed by atoms with Gasteiger partial charge in [-0.05, 0) is 56.4 Å². The van der Waals surface area contributed by atoms with E-state index in [-0.39, 0.29) is 42.3 Å². The molecule has 0 bridgehead atoms. The minimum absolute atomic E-state index is 0.0982. The van der Waals surface area contributed by atoms with Crippen molar-refractivity contribution in [3.63, 3.8) is 0 Å². The molecule has 7 nitrogen and oxygen atoms in total. The molecule has 5 atom stereocenters. The van der Waals surface area contributed by atoms with Gasteiger partial charge in [0.1, 0.15) is 11.7 Å². The average Bonchev–Trinajstić information content (AvgIpc) is 3.43. The van der Waals surface area contributed by atoms with Crippen molar-refractivity contribution in [2.45, 2.75) is 77.9 Å². The molecule has 0 unspecified atom stereocenters. The number of allylic oxidation sites excluding steroid dienone is 2. The van der Waals surface area contributed by atoms with Crippen molar-refractivity contribution < 1.29 is 33.0 Å². The lowest BCUT2D eigenvalue weighted by Crippen LogP contribution is -2.42. The number of carbonyl (C=O) groups is 3. The van der Waals surface area contributed by atoms with E-state index in [1.165, 1.54) is 14.0 Å². The number of ether oxygens (including phenoxy) is 3. The minimum atomic E-state index is -0.838. The van der Waals surface area contributed by atoms with Crippen LogP contribution in [0.5, 0.6) is 0 Å². The van der Waals surface area contributed by atoms with E-state index < -0.39 is 16.9 Å². The van der Waals surface area contributed by atoms with Crippen LogP contribution in [0.15, 0.2) is 58.0 Å². The van der Waals surface area contributed by atoms with Gasteiger partial charge in [-0.25, -0.2) is 0 Å². The molecular weight excluding hydrogens is 460 g/mol. The van der Waals surface area contributed by atoms with Crippen LogP contribution in [0.4, 0.5) is 0 Å². The largest absolute Gasteiger partial charge is 0.472 e. The van der Waals surface area contributed by atoms with Gasteiger partial charge >= 0.3 is 17.9 Å². The molecule has 0 amide bonds. The maximum Gasteiger partial charge on any atom is 0.313 e. The number of hydrogen-bond acceptors (Lipinski definition) is 7. The van der Waals surface area contributed by atoms with Gasteiger partial charge in [0.05, 0.1) is 32.0 Å². The second kappa shape index (κ2) is 9.75. The zero-order valence-corrected chi connectivity index (χ0v) is 22.0. The Kier molecular flexibility index (Phi) is 7.04. The zero-order valence-electron chi connectivity index (χ0n) is 22.0. The Bertz CT molecular complexity index is 1120. The highest BCUT2D eigenvalue weighted by Crippen LogP contribution is 2.58. The van der Waals surface area contributed by atoms with E-state index in [9.17, 15) is 14.4 Å². The molecule has 1 aromatic heterocycles. The molecule has 0 radical (unpaired) electrons. The van der Waals surface area contributed by atoms with Crippen LogP contribution in [-0.2, 0) is 28.6 Å². The summed E-state index contributed by atoms with van der Waals surface area (Å²) in [5.74, 6) is -1.60. The van der Waals surface area contributed by atoms with E-state index in [0.717, 1.165) is 28.7 Å². The zero-order chi connectivity index (χ0) is 26.3. The fourth-order valence-corrected chi connectivity index (χ4v) is 6.38. The summed E-state index contributed by atoms with van der Waals surface area (Å²) in [6.07, 6.45) is 11.3. The van der Waals surface area contributed by atoms with Crippen LogP contribution in [0, 0.1) is 17.3 Å². The molecule has 2 aliphatic carbocycles. The summed E-state index contributed by atoms with van der Waals surface area (Å²) in [6.45, 7) is 9.22. The highest BCUT2D eigenvalue weighted by Gasteiger charge is 2.52. The van der Waals surface area contributed by atoms with Crippen molar-refractivity contribution >= 4 is 17.9 Å². The Labute approximate surface area is 212 Å². The SMILES string of the molecule is COC(=O)C[C@@H]1C(C)=C[C@H](CC2=CC[C@H](OC(C)=O)[C@]3(C)C2=CC[C@H]3c2ccoc2)C(=O)OC1(C)C. The Morgan fingerprint density at radius 1 is 1.17 bits per heavy atom. The van der Waals surface area contributed by atoms with Crippen LogP contribution < -0.4 is 0 Å². The van der Waals surface area contributed by atoms with Gasteiger partial charge in [0, 0.05) is 30.6 Å². The number of methoxy groups -OCH3 is 1. The van der Waals surface area contributed by atoms with Gasteiger partial charge in [-0.1, -0.05) is 30.7 Å². The Morgan fingerprint density at radius 2 is 1.92 bits per heavy atom. The molecule has 0 fully saturated rings. The third-order valence-electron chi connectivity index (χ3n) is 8.27. The van der Waals surface area contributed by atoms with Crippen LogP contribution >= 0.6 is 0 Å². The summed E-state index contributed by atoms with van der Waals surface area (Å²) in [5, 5.41) is 0. The summed E-state index contributed by atoms with van der Waals surface area (Å²) in [5.41, 5.74) is 2.91. The van der Waals surface area contributed by atoms with Crippen molar-refractivity contribution in [3.05, 3.63) is 59.1 Å². The molecule has 7 heteroatoms. The number of esters is 3. The molecule has 0 N–H and O–H groups in total. The summed E-state index contributed by atoms with van der Waals surface area (Å²) in [4.78, 5) is 37.3. The summed E-state index contributed by atoms with van der Waals surface area (Å²) >= 11 is 0. The maximum atomic E-state index is 13.3. The van der Waals surface area contributed by atoms with E-state index >= 15 is 0 Å². The molecule has 0 saturated carbocycles. The Morgan fingerprint density at radius 3 is 2.56 bits per heavy atom. The molecule has 0 aromatic carbocycles. The first-order valence-corrected chi connectivity index (χ1v) is 12.5. The molecule has 0 saturated heterocycles. The molecule has 0 spiro atoms. The highest BCUT2D eigenvalue weighted by atomic mass is 16.6. The molecule has 194 valence electrons. The smallest absolute Gasteiger partial charge is 0.313 e. The van der Waals surface area contributed by atoms with Gasteiger partial charge in [0.15, 0.2) is 0 Å². The molecule has 3 aliphatic rings. The first-order chi connectivity index (χ1) is 17.0. The van der Waals surface area contributed by atoms with Crippen LogP contribution in [0.25, 0.3) is 0 Å². The normalized spacial score (nSPS) is 31.3. The number of fused-ring (bicyclic) bond motifs is 1. The predicted octanol–water partition coefficient (Wildman–Crippen LogP) is 5.43. The van der Waals surface area contributed by atoms with Crippen molar-refractivity contribution in [3.8, 4) is 0 Å². The number of cyclic esters (lactones) is 1. The Balaban J connectivity index is 1.65. The van der Waals surface area contributed by atoms with E-state index in [1.807, 2.05) is 32.9 Å². The van der Waals surface area contributed by atoms with Crippen molar-refractivity contribution in [2.24, 2.45) is 17.3 Å². The lowest BCUT2D eigenvalue weighted by molar-refractivity contribution is -0.165. The third kappa shape index (κ3) is 4.67. The second-order valence-electron chi connectivity index (χ2n) is 10.9. The number of hydrogen-bond donors (Lipinski definition) is 0. The Hall–Kier alpha value is -3.09. The average molecular weight is 497 g/mol. The van der Waals surface area contributed by atoms with Crippen LogP contribution in [-0.4, -0.2) is 36.7 Å². The van der Waals surface area contributed by atoms with E-state index in [1.54, 1.807) is 12.5 Å². The van der Waals surface area contributed by atoms with Crippen LogP contribution in [0.1, 0.15) is 71.8 Å². The van der Waals surface area contributed by atoms with Crippen molar-refractivity contribution in [1.29, 1.82) is 0 Å². The maximum absolute atomic E-state index is 13.3. The summed E-state index contributed by atoms with van der Waals surface area (Å²) < 4.78 is 22.0. The number of furan rings is 1. The fourth-order valence-electron chi connectivity index (χ4n) is 6.38. The lowest BCUT2D eigenvalue weighted by Gasteiger charge is -2.44. The molecule has 36 heavy (non-hydrogen) atoms. The van der Waals surface area contributed by atoms with E-state index in [0.29, 0.717) is 12.8 Å². The van der Waals surface area contributed by atoms with Crippen molar-refractivity contribution in [1.82, 2.24) is 0 Å². The van der Waals surface area contributed by atoms with Gasteiger partial charge in [-0.3, -0.25) is 14.4 Å². The van der Waals surface area contributed by atoms with Crippen molar-refractivity contribution in [2.75, 3.05) is 7.11 Å². The second-order valence-corrected chi connectivity index (χ2v) is 10.9. The van der Waals surface area contributed by atoms with E-state index in [2.05, 4.69) is 19.1 Å². The third-order valence-corrected chi connectivity index (χ3v) is 8.27. The van der Waals surface area contributed by atoms with Crippen LogP contribution in [0.2, 0.25) is 0 Å². The van der Waals surface area contributed by atoms with Gasteiger partial charge in [-0.2, -0.15) is 0 Å². The molecule has 2 heterocycles. The summed E-state index contributed by atoms with van der Waals surface area (Å²) in [6, 6.07) is 1.97. The molecule has 1 aliphatic heterocycles. The standard InChI is InChI=1S/C29H36O7/c1-17-13-21(27(32)36-28(3,4)24(17)15-26(31)33-6)14-19-7-10-25(35-18(2)30)29(5)22(19)8-9-23(29)20-11-12-34-16-20/h7-8,11-13,16,21,23-25H,9-10,14-15H2,1-6H3/t21-,23+,24-,25+,29-/m1/s1. The number of rotatable bonds is 6. The van der Waals surface area contributed by atoms with Gasteiger partial charge in [0.2, 0.25) is 0 Å². The highest BCUT2D eigenvalue weighted by molar-refractivity contribution is 5.77.